The zero-order valence-electron chi connectivity index (χ0n) is 13.5. The number of halogens is 4. The number of carbonyl (C=O) groups excluding carboxylic acids is 1. The Balaban J connectivity index is 1.59. The lowest BCUT2D eigenvalue weighted by Gasteiger charge is -2.10. The Bertz CT molecular complexity index is 697. The number of rotatable bonds is 8. The number of carbonyl (C=O) groups is 1. The van der Waals surface area contributed by atoms with Crippen molar-refractivity contribution in [2.24, 2.45) is 0 Å². The molecule has 2 N–H and O–H groups in total. The van der Waals surface area contributed by atoms with Crippen molar-refractivity contribution < 1.29 is 31.8 Å². The molecule has 0 fully saturated rings. The van der Waals surface area contributed by atoms with Crippen molar-refractivity contribution in [2.45, 2.75) is 0 Å². The summed E-state index contributed by atoms with van der Waals surface area (Å²) in [6.45, 7) is 0.118. The Labute approximate surface area is 146 Å². The molecule has 0 saturated carbocycles. The summed E-state index contributed by atoms with van der Waals surface area (Å²) in [5.41, 5.74) is 0. The van der Waals surface area contributed by atoms with Crippen LogP contribution in [0.1, 0.15) is 0 Å². The lowest BCUT2D eigenvalue weighted by atomic mass is 10.3. The van der Waals surface area contributed by atoms with Gasteiger partial charge in [-0.2, -0.15) is 0 Å². The monoisotopic (exact) mass is 372 g/mol. The zero-order valence-corrected chi connectivity index (χ0v) is 13.5. The van der Waals surface area contributed by atoms with Crippen LogP contribution in [0.15, 0.2) is 36.4 Å². The summed E-state index contributed by atoms with van der Waals surface area (Å²) in [4.78, 5) is 11.5. The molecule has 0 spiro atoms. The van der Waals surface area contributed by atoms with Gasteiger partial charge in [-0.1, -0.05) is 0 Å². The molecule has 2 amide bonds. The molecule has 2 rings (SSSR count). The van der Waals surface area contributed by atoms with Crippen LogP contribution in [0.3, 0.4) is 0 Å². The van der Waals surface area contributed by atoms with Crippen LogP contribution in [0.2, 0.25) is 0 Å². The van der Waals surface area contributed by atoms with Crippen molar-refractivity contribution >= 4 is 6.03 Å². The predicted molar refractivity (Wildman–Crippen MR) is 85.1 cm³/mol. The Morgan fingerprint density at radius 2 is 1.19 bits per heavy atom. The molecule has 0 saturated heterocycles. The zero-order chi connectivity index (χ0) is 18.9. The maximum atomic E-state index is 13.3. The third-order valence-electron chi connectivity index (χ3n) is 3.08. The van der Waals surface area contributed by atoms with Gasteiger partial charge in [0.1, 0.15) is 24.8 Å². The van der Waals surface area contributed by atoms with Gasteiger partial charge in [-0.3, -0.25) is 0 Å². The number of urea groups is 1. The molecule has 0 bridgehead atoms. The van der Waals surface area contributed by atoms with Crippen molar-refractivity contribution in [3.8, 4) is 11.5 Å². The van der Waals surface area contributed by atoms with Crippen LogP contribution in [0.4, 0.5) is 22.4 Å². The van der Waals surface area contributed by atoms with Gasteiger partial charge in [0, 0.05) is 12.1 Å². The van der Waals surface area contributed by atoms with Crippen LogP contribution < -0.4 is 20.1 Å². The molecule has 0 heterocycles. The summed E-state index contributed by atoms with van der Waals surface area (Å²) in [5.74, 6) is -3.34. The summed E-state index contributed by atoms with van der Waals surface area (Å²) in [7, 11) is 0. The Morgan fingerprint density at radius 1 is 0.769 bits per heavy atom. The molecule has 0 aliphatic heterocycles. The third kappa shape index (κ3) is 6.15. The Kier molecular flexibility index (Phi) is 7.07. The fraction of sp³-hybridized carbons (Fsp3) is 0.235. The minimum Gasteiger partial charge on any atom is -0.489 e. The second-order valence-corrected chi connectivity index (χ2v) is 5.03. The molecule has 0 atom stereocenters. The van der Waals surface area contributed by atoms with E-state index in [9.17, 15) is 22.4 Å². The standard InChI is InChI=1S/C17H16F4N2O3/c18-11-1-3-15(13(20)9-11)25-7-5-22-17(24)23-6-8-26-16-4-2-12(19)10-14(16)21/h1-4,9-10H,5-8H2,(H2,22,23,24). The quantitative estimate of drug-likeness (QED) is 0.553. The lowest BCUT2D eigenvalue weighted by molar-refractivity contribution is 0.231. The van der Waals surface area contributed by atoms with Gasteiger partial charge >= 0.3 is 6.03 Å². The first kappa shape index (κ1) is 19.4. The maximum Gasteiger partial charge on any atom is 0.315 e. The van der Waals surface area contributed by atoms with E-state index in [1.54, 1.807) is 0 Å². The first-order chi connectivity index (χ1) is 12.5. The molecule has 0 unspecified atom stereocenters. The molecule has 2 aromatic rings. The van der Waals surface area contributed by atoms with E-state index in [1.165, 1.54) is 0 Å². The molecule has 0 radical (unpaired) electrons. The van der Waals surface area contributed by atoms with Crippen LogP contribution in [0.5, 0.6) is 11.5 Å². The number of amides is 2. The van der Waals surface area contributed by atoms with Crippen molar-refractivity contribution in [1.29, 1.82) is 0 Å². The van der Waals surface area contributed by atoms with E-state index >= 15 is 0 Å². The van der Waals surface area contributed by atoms with Gasteiger partial charge in [-0.25, -0.2) is 22.4 Å². The highest BCUT2D eigenvalue weighted by molar-refractivity contribution is 5.73. The fourth-order valence-electron chi connectivity index (χ4n) is 1.90. The summed E-state index contributed by atoms with van der Waals surface area (Å²) in [5, 5.41) is 4.90. The second kappa shape index (κ2) is 9.50. The molecular weight excluding hydrogens is 356 g/mol. The summed E-state index contributed by atoms with van der Waals surface area (Å²) in [6.07, 6.45) is 0. The topological polar surface area (TPSA) is 59.6 Å². The number of nitrogens with one attached hydrogen (secondary N) is 2. The highest BCUT2D eigenvalue weighted by atomic mass is 19.1. The number of benzene rings is 2. The molecular formula is C17H16F4N2O3. The van der Waals surface area contributed by atoms with Crippen molar-refractivity contribution in [1.82, 2.24) is 10.6 Å². The van der Waals surface area contributed by atoms with Crippen molar-refractivity contribution in [3.05, 3.63) is 59.7 Å². The van der Waals surface area contributed by atoms with E-state index in [-0.39, 0.29) is 37.8 Å². The summed E-state index contributed by atoms with van der Waals surface area (Å²) < 4.78 is 62.2. The first-order valence-corrected chi connectivity index (χ1v) is 7.63. The van der Waals surface area contributed by atoms with E-state index in [1.807, 2.05) is 0 Å². The van der Waals surface area contributed by atoms with E-state index in [2.05, 4.69) is 10.6 Å². The van der Waals surface area contributed by atoms with Gasteiger partial charge in [-0.05, 0) is 24.3 Å². The van der Waals surface area contributed by atoms with Crippen molar-refractivity contribution in [3.63, 3.8) is 0 Å². The molecule has 0 aromatic heterocycles. The number of hydrogen-bond acceptors (Lipinski definition) is 3. The molecule has 0 aliphatic carbocycles. The van der Waals surface area contributed by atoms with Crippen LogP contribution >= 0.6 is 0 Å². The summed E-state index contributed by atoms with van der Waals surface area (Å²) in [6, 6.07) is 5.27. The average molecular weight is 372 g/mol. The van der Waals surface area contributed by atoms with Gasteiger partial charge in [0.25, 0.3) is 0 Å². The van der Waals surface area contributed by atoms with Gasteiger partial charge in [0.2, 0.25) is 0 Å². The minimum absolute atomic E-state index is 0.0206. The van der Waals surface area contributed by atoms with Gasteiger partial charge < -0.3 is 20.1 Å². The SMILES string of the molecule is O=C(NCCOc1ccc(F)cc1F)NCCOc1ccc(F)cc1F. The van der Waals surface area contributed by atoms with E-state index in [0.717, 1.165) is 24.3 Å². The molecule has 2 aromatic carbocycles. The van der Waals surface area contributed by atoms with Crippen LogP contribution in [-0.4, -0.2) is 32.3 Å². The highest BCUT2D eigenvalue weighted by Gasteiger charge is 2.06. The van der Waals surface area contributed by atoms with Gasteiger partial charge in [0.05, 0.1) is 13.1 Å². The van der Waals surface area contributed by atoms with Crippen molar-refractivity contribution in [2.75, 3.05) is 26.3 Å². The molecule has 26 heavy (non-hydrogen) atoms. The second-order valence-electron chi connectivity index (χ2n) is 5.03. The third-order valence-corrected chi connectivity index (χ3v) is 3.08. The number of ether oxygens (including phenoxy) is 2. The normalized spacial score (nSPS) is 10.3. The Hall–Kier alpha value is -2.97. The maximum absolute atomic E-state index is 13.3. The largest absolute Gasteiger partial charge is 0.489 e. The minimum atomic E-state index is -0.834. The Morgan fingerprint density at radius 3 is 1.58 bits per heavy atom. The van der Waals surface area contributed by atoms with Gasteiger partial charge in [0.15, 0.2) is 23.1 Å². The molecule has 5 nitrogen and oxygen atoms in total. The van der Waals surface area contributed by atoms with Crippen LogP contribution in [0, 0.1) is 23.3 Å². The summed E-state index contributed by atoms with van der Waals surface area (Å²) >= 11 is 0. The first-order valence-electron chi connectivity index (χ1n) is 7.63. The molecule has 9 heteroatoms. The van der Waals surface area contributed by atoms with E-state index in [4.69, 9.17) is 9.47 Å². The molecule has 140 valence electrons. The van der Waals surface area contributed by atoms with Crippen LogP contribution in [0.25, 0.3) is 0 Å². The lowest BCUT2D eigenvalue weighted by Crippen LogP contribution is -2.39. The highest BCUT2D eigenvalue weighted by Crippen LogP contribution is 2.18. The fourth-order valence-corrected chi connectivity index (χ4v) is 1.90. The average Bonchev–Trinajstić information content (AvgIpc) is 2.58. The van der Waals surface area contributed by atoms with E-state index in [0.29, 0.717) is 12.1 Å². The predicted octanol–water partition coefficient (Wildman–Crippen LogP) is 3.00. The van der Waals surface area contributed by atoms with E-state index < -0.39 is 29.3 Å². The molecule has 0 aliphatic rings. The van der Waals surface area contributed by atoms with Gasteiger partial charge in [-0.15, -0.1) is 0 Å². The number of hydrogen-bond donors (Lipinski definition) is 2. The van der Waals surface area contributed by atoms with Crippen LogP contribution in [-0.2, 0) is 0 Å². The smallest absolute Gasteiger partial charge is 0.315 e.